The minimum atomic E-state index is -0.567. The zero-order valence-corrected chi connectivity index (χ0v) is 15.9. The first kappa shape index (κ1) is 18.1. The summed E-state index contributed by atoms with van der Waals surface area (Å²) in [6.07, 6.45) is 6.09. The van der Waals surface area contributed by atoms with Crippen molar-refractivity contribution in [1.29, 1.82) is 0 Å². The maximum Gasteiger partial charge on any atom is 0.251 e. The second-order valence-corrected chi connectivity index (χ2v) is 6.82. The number of nitrogens with one attached hydrogen (secondary N) is 2. The Morgan fingerprint density at radius 1 is 1.17 bits per heavy atom. The smallest absolute Gasteiger partial charge is 0.251 e. The van der Waals surface area contributed by atoms with Gasteiger partial charge in [-0.3, -0.25) is 4.79 Å². The number of furan rings is 1. The second-order valence-electron chi connectivity index (χ2n) is 6.82. The predicted octanol–water partition coefficient (Wildman–Crippen LogP) is 1.03. The number of nitrogens with two attached hydrogens (primary N) is 1. The van der Waals surface area contributed by atoms with Gasteiger partial charge in [0.05, 0.1) is 23.6 Å². The molecule has 30 heavy (non-hydrogen) atoms. The Kier molecular flexibility index (Phi) is 4.48. The number of fused-ring (bicyclic) bond motifs is 1. The van der Waals surface area contributed by atoms with Crippen LogP contribution in [0.3, 0.4) is 0 Å². The number of aromatic nitrogens is 5. The normalized spacial score (nSPS) is 14.2. The number of piperazine rings is 1. The molecule has 4 N–H and O–H groups in total. The predicted molar refractivity (Wildman–Crippen MR) is 110 cm³/mol. The summed E-state index contributed by atoms with van der Waals surface area (Å²) in [5, 5.41) is 10.8. The topological polar surface area (TPSA) is 140 Å². The minimum Gasteiger partial charge on any atom is -0.462 e. The van der Waals surface area contributed by atoms with Crippen LogP contribution in [0.2, 0.25) is 0 Å². The van der Waals surface area contributed by atoms with Crippen molar-refractivity contribution >= 4 is 28.9 Å². The lowest BCUT2D eigenvalue weighted by molar-refractivity contribution is 0.0999. The standard InChI is InChI=1S/C19H19N9O2/c20-17(29)12-7-15(30-10-12)14-9-23-18(19-24-11-25-28(14)19)26-13-1-2-16(22-8-13)27-5-3-21-4-6-27/h1-2,7-11,21H,3-6H2,(H2,20,29)(H,23,26). The molecule has 1 aliphatic rings. The average molecular weight is 405 g/mol. The van der Waals surface area contributed by atoms with Gasteiger partial charge >= 0.3 is 0 Å². The first-order chi connectivity index (χ1) is 14.7. The van der Waals surface area contributed by atoms with Gasteiger partial charge in [0.1, 0.15) is 24.1 Å². The van der Waals surface area contributed by atoms with Crippen LogP contribution in [0.15, 0.2) is 47.6 Å². The second kappa shape index (κ2) is 7.44. The Morgan fingerprint density at radius 3 is 2.77 bits per heavy atom. The summed E-state index contributed by atoms with van der Waals surface area (Å²) >= 11 is 0. The summed E-state index contributed by atoms with van der Waals surface area (Å²) in [4.78, 5) is 26.9. The van der Waals surface area contributed by atoms with Gasteiger partial charge in [0.15, 0.2) is 17.2 Å². The molecule has 0 atom stereocenters. The van der Waals surface area contributed by atoms with Crippen LogP contribution >= 0.6 is 0 Å². The van der Waals surface area contributed by atoms with E-state index in [0.29, 0.717) is 22.9 Å². The first-order valence-corrected chi connectivity index (χ1v) is 9.45. The third kappa shape index (κ3) is 3.31. The average Bonchev–Trinajstić information content (AvgIpc) is 3.46. The summed E-state index contributed by atoms with van der Waals surface area (Å²) < 4.78 is 7.03. The fourth-order valence-corrected chi connectivity index (χ4v) is 3.35. The molecular weight excluding hydrogens is 386 g/mol. The molecule has 1 saturated heterocycles. The maximum atomic E-state index is 11.3. The molecule has 11 heteroatoms. The van der Waals surface area contributed by atoms with Crippen LogP contribution in [0.5, 0.6) is 0 Å². The molecule has 4 aromatic heterocycles. The Bertz CT molecular complexity index is 1190. The van der Waals surface area contributed by atoms with Gasteiger partial charge in [-0.1, -0.05) is 0 Å². The monoisotopic (exact) mass is 405 g/mol. The molecule has 1 amide bonds. The van der Waals surface area contributed by atoms with Crippen LogP contribution in [0.25, 0.3) is 17.1 Å². The van der Waals surface area contributed by atoms with E-state index >= 15 is 0 Å². The molecule has 5 rings (SSSR count). The van der Waals surface area contributed by atoms with Gasteiger partial charge in [-0.05, 0) is 18.2 Å². The van der Waals surface area contributed by atoms with Crippen molar-refractivity contribution in [3.63, 3.8) is 0 Å². The Hall–Kier alpha value is -3.99. The summed E-state index contributed by atoms with van der Waals surface area (Å²) in [6, 6.07) is 5.49. The largest absolute Gasteiger partial charge is 0.462 e. The number of hydrogen-bond acceptors (Lipinski definition) is 9. The van der Waals surface area contributed by atoms with Gasteiger partial charge in [0, 0.05) is 26.2 Å². The number of anilines is 3. The molecule has 5 heterocycles. The lowest BCUT2D eigenvalue weighted by Gasteiger charge is -2.28. The van der Waals surface area contributed by atoms with E-state index in [2.05, 4.69) is 35.6 Å². The van der Waals surface area contributed by atoms with Crippen molar-refractivity contribution in [2.45, 2.75) is 0 Å². The molecular formula is C19H19N9O2. The number of pyridine rings is 1. The zero-order chi connectivity index (χ0) is 20.5. The summed E-state index contributed by atoms with van der Waals surface area (Å²) in [6.45, 7) is 3.79. The molecule has 0 unspecified atom stereocenters. The fourth-order valence-electron chi connectivity index (χ4n) is 3.35. The van der Waals surface area contributed by atoms with E-state index in [1.165, 1.54) is 12.6 Å². The Balaban J connectivity index is 1.41. The number of nitrogens with zero attached hydrogens (tertiary/aromatic N) is 6. The summed E-state index contributed by atoms with van der Waals surface area (Å²) in [5.41, 5.74) is 7.41. The third-order valence-corrected chi connectivity index (χ3v) is 4.89. The molecule has 11 nitrogen and oxygen atoms in total. The van der Waals surface area contributed by atoms with Crippen LogP contribution in [0, 0.1) is 0 Å². The van der Waals surface area contributed by atoms with Gasteiger partial charge in [-0.2, -0.15) is 5.10 Å². The highest BCUT2D eigenvalue weighted by molar-refractivity contribution is 5.93. The minimum absolute atomic E-state index is 0.274. The maximum absolute atomic E-state index is 11.3. The first-order valence-electron chi connectivity index (χ1n) is 9.45. The SMILES string of the molecule is NC(=O)c1coc(-c2cnc(Nc3ccc(N4CCNCC4)nc3)c3ncnn23)c1. The molecule has 152 valence electrons. The van der Waals surface area contributed by atoms with Gasteiger partial charge < -0.3 is 25.7 Å². The molecule has 0 spiro atoms. The third-order valence-electron chi connectivity index (χ3n) is 4.89. The van der Waals surface area contributed by atoms with Gasteiger partial charge in [0.25, 0.3) is 5.91 Å². The number of hydrogen-bond donors (Lipinski definition) is 3. The van der Waals surface area contributed by atoms with Crippen LogP contribution in [0.1, 0.15) is 10.4 Å². The molecule has 1 aliphatic heterocycles. The molecule has 0 aromatic carbocycles. The Morgan fingerprint density at radius 2 is 2.03 bits per heavy atom. The lowest BCUT2D eigenvalue weighted by atomic mass is 10.2. The number of carbonyl (C=O) groups is 1. The van der Waals surface area contributed by atoms with E-state index in [0.717, 1.165) is 37.7 Å². The van der Waals surface area contributed by atoms with Crippen molar-refractivity contribution in [3.8, 4) is 11.5 Å². The highest BCUT2D eigenvalue weighted by Crippen LogP contribution is 2.26. The highest BCUT2D eigenvalue weighted by atomic mass is 16.3. The number of primary amides is 1. The van der Waals surface area contributed by atoms with E-state index in [1.54, 1.807) is 23.0 Å². The molecule has 0 aliphatic carbocycles. The molecule has 1 fully saturated rings. The molecule has 0 bridgehead atoms. The van der Waals surface area contributed by atoms with Crippen molar-refractivity contribution in [2.75, 3.05) is 36.4 Å². The van der Waals surface area contributed by atoms with Gasteiger partial charge in [0.2, 0.25) is 0 Å². The van der Waals surface area contributed by atoms with Crippen molar-refractivity contribution in [2.24, 2.45) is 5.73 Å². The summed E-state index contributed by atoms with van der Waals surface area (Å²) in [7, 11) is 0. The summed E-state index contributed by atoms with van der Waals surface area (Å²) in [5.74, 6) is 1.32. The van der Waals surface area contributed by atoms with Crippen molar-refractivity contribution < 1.29 is 9.21 Å². The number of carbonyl (C=O) groups excluding carboxylic acids is 1. The van der Waals surface area contributed by atoms with E-state index in [1.807, 2.05) is 12.1 Å². The van der Waals surface area contributed by atoms with Crippen molar-refractivity contribution in [3.05, 3.63) is 48.7 Å². The quantitative estimate of drug-likeness (QED) is 0.444. The zero-order valence-electron chi connectivity index (χ0n) is 15.9. The lowest BCUT2D eigenvalue weighted by Crippen LogP contribution is -2.43. The Labute approximate surface area is 170 Å². The van der Waals surface area contributed by atoms with Gasteiger partial charge in [-0.25, -0.2) is 19.5 Å². The van der Waals surface area contributed by atoms with Crippen LogP contribution in [-0.2, 0) is 0 Å². The van der Waals surface area contributed by atoms with E-state index in [9.17, 15) is 4.79 Å². The molecule has 4 aromatic rings. The van der Waals surface area contributed by atoms with E-state index in [4.69, 9.17) is 10.2 Å². The van der Waals surface area contributed by atoms with Crippen LogP contribution in [-0.4, -0.2) is 56.7 Å². The molecule has 0 saturated carbocycles. The van der Waals surface area contributed by atoms with Crippen molar-refractivity contribution in [1.82, 2.24) is 29.9 Å². The van der Waals surface area contributed by atoms with E-state index < -0.39 is 5.91 Å². The number of rotatable bonds is 5. The number of amides is 1. The van der Waals surface area contributed by atoms with E-state index in [-0.39, 0.29) is 5.56 Å². The van der Waals surface area contributed by atoms with Gasteiger partial charge in [-0.15, -0.1) is 0 Å². The fraction of sp³-hybridized carbons (Fsp3) is 0.211. The van der Waals surface area contributed by atoms with Crippen LogP contribution < -0.4 is 21.3 Å². The molecule has 0 radical (unpaired) electrons. The van der Waals surface area contributed by atoms with Crippen LogP contribution in [0.4, 0.5) is 17.3 Å². The highest BCUT2D eigenvalue weighted by Gasteiger charge is 2.16.